The van der Waals surface area contributed by atoms with E-state index in [9.17, 15) is 18.0 Å². The Morgan fingerprint density at radius 3 is 2.52 bits per heavy atom. The SMILES string of the molecule is CC(NC(=O)C1CCCN1)C(C)c1ccccc1C(F)(F)F.Cl. The molecule has 0 aliphatic carbocycles. The molecule has 2 N–H and O–H groups in total. The smallest absolute Gasteiger partial charge is 0.352 e. The third-order valence-corrected chi connectivity index (χ3v) is 4.25. The summed E-state index contributed by atoms with van der Waals surface area (Å²) in [6.45, 7) is 4.25. The van der Waals surface area contributed by atoms with Crippen LogP contribution in [0.2, 0.25) is 0 Å². The number of hydrogen-bond donors (Lipinski definition) is 2. The molecule has 3 nitrogen and oxygen atoms in total. The average molecular weight is 351 g/mol. The molecule has 1 fully saturated rings. The quantitative estimate of drug-likeness (QED) is 0.872. The van der Waals surface area contributed by atoms with Gasteiger partial charge in [0.15, 0.2) is 0 Å². The molecule has 1 amide bonds. The summed E-state index contributed by atoms with van der Waals surface area (Å²) in [5.74, 6) is -0.565. The number of carbonyl (C=O) groups excluding carboxylic acids is 1. The predicted octanol–water partition coefficient (Wildman–Crippen LogP) is 3.49. The van der Waals surface area contributed by atoms with Crippen molar-refractivity contribution in [2.45, 2.75) is 50.9 Å². The number of hydrogen-bond acceptors (Lipinski definition) is 2. The first kappa shape index (κ1) is 19.8. The van der Waals surface area contributed by atoms with E-state index in [0.29, 0.717) is 0 Å². The summed E-state index contributed by atoms with van der Waals surface area (Å²) in [5.41, 5.74) is -0.426. The summed E-state index contributed by atoms with van der Waals surface area (Å²) in [4.78, 5) is 12.1. The van der Waals surface area contributed by atoms with Gasteiger partial charge >= 0.3 is 6.18 Å². The molecule has 130 valence electrons. The van der Waals surface area contributed by atoms with Crippen LogP contribution in [-0.2, 0) is 11.0 Å². The summed E-state index contributed by atoms with van der Waals surface area (Å²) in [6, 6.07) is 4.92. The summed E-state index contributed by atoms with van der Waals surface area (Å²) >= 11 is 0. The lowest BCUT2D eigenvalue weighted by molar-refractivity contribution is -0.138. The van der Waals surface area contributed by atoms with Gasteiger partial charge in [-0.15, -0.1) is 12.4 Å². The molecule has 1 heterocycles. The van der Waals surface area contributed by atoms with E-state index in [-0.39, 0.29) is 36.0 Å². The van der Waals surface area contributed by atoms with Gasteiger partial charge in [0.25, 0.3) is 0 Å². The van der Waals surface area contributed by atoms with E-state index in [1.54, 1.807) is 19.9 Å². The molecule has 0 bridgehead atoms. The average Bonchev–Trinajstić information content (AvgIpc) is 2.99. The van der Waals surface area contributed by atoms with Crippen LogP contribution in [0, 0.1) is 0 Å². The third-order valence-electron chi connectivity index (χ3n) is 4.25. The molecule has 23 heavy (non-hydrogen) atoms. The molecule has 1 aliphatic heterocycles. The minimum atomic E-state index is -4.39. The van der Waals surface area contributed by atoms with Gasteiger partial charge in [-0.25, -0.2) is 0 Å². The van der Waals surface area contributed by atoms with Crippen LogP contribution in [0.25, 0.3) is 0 Å². The van der Waals surface area contributed by atoms with Crippen LogP contribution in [0.3, 0.4) is 0 Å². The lowest BCUT2D eigenvalue weighted by Crippen LogP contribution is -2.45. The predicted molar refractivity (Wildman–Crippen MR) is 85.7 cm³/mol. The second-order valence-electron chi connectivity index (χ2n) is 5.82. The van der Waals surface area contributed by atoms with Crippen molar-refractivity contribution in [3.8, 4) is 0 Å². The Kier molecular flexibility index (Phi) is 6.89. The fraction of sp³-hybridized carbons (Fsp3) is 0.562. The molecule has 1 aliphatic rings. The van der Waals surface area contributed by atoms with Gasteiger partial charge in [-0.1, -0.05) is 25.1 Å². The number of rotatable bonds is 4. The lowest BCUT2D eigenvalue weighted by Gasteiger charge is -2.25. The van der Waals surface area contributed by atoms with Crippen molar-refractivity contribution in [3.05, 3.63) is 35.4 Å². The number of amides is 1. The van der Waals surface area contributed by atoms with E-state index in [1.165, 1.54) is 12.1 Å². The zero-order valence-electron chi connectivity index (χ0n) is 13.1. The molecule has 0 aromatic heterocycles. The summed E-state index contributed by atoms with van der Waals surface area (Å²) < 4.78 is 39.2. The molecule has 0 saturated carbocycles. The molecule has 1 saturated heterocycles. The normalized spacial score (nSPS) is 20.5. The maximum Gasteiger partial charge on any atom is 0.416 e. The Hall–Kier alpha value is -1.27. The van der Waals surface area contributed by atoms with Crippen molar-refractivity contribution in [3.63, 3.8) is 0 Å². The topological polar surface area (TPSA) is 41.1 Å². The zero-order chi connectivity index (χ0) is 16.3. The molecule has 1 aromatic carbocycles. The third kappa shape index (κ3) is 4.85. The van der Waals surface area contributed by atoms with E-state index in [2.05, 4.69) is 10.6 Å². The first-order valence-electron chi connectivity index (χ1n) is 7.50. The minimum absolute atomic E-state index is 0. The molecule has 0 spiro atoms. The van der Waals surface area contributed by atoms with Gasteiger partial charge in [0.05, 0.1) is 11.6 Å². The largest absolute Gasteiger partial charge is 0.416 e. The van der Waals surface area contributed by atoms with Gasteiger partial charge in [0, 0.05) is 12.0 Å². The van der Waals surface area contributed by atoms with E-state index in [0.717, 1.165) is 25.5 Å². The van der Waals surface area contributed by atoms with Crippen LogP contribution >= 0.6 is 12.4 Å². The second kappa shape index (κ2) is 8.02. The fourth-order valence-corrected chi connectivity index (χ4v) is 2.78. The van der Waals surface area contributed by atoms with Crippen LogP contribution in [0.15, 0.2) is 24.3 Å². The summed E-state index contributed by atoms with van der Waals surface area (Å²) in [7, 11) is 0. The molecule has 0 radical (unpaired) electrons. The highest BCUT2D eigenvalue weighted by molar-refractivity contribution is 5.85. The van der Waals surface area contributed by atoms with Crippen LogP contribution in [0.1, 0.15) is 43.7 Å². The number of nitrogens with one attached hydrogen (secondary N) is 2. The maximum absolute atomic E-state index is 13.1. The minimum Gasteiger partial charge on any atom is -0.352 e. The Bertz CT molecular complexity index is 530. The highest BCUT2D eigenvalue weighted by Crippen LogP contribution is 2.36. The van der Waals surface area contributed by atoms with Gasteiger partial charge in [0.1, 0.15) is 0 Å². The van der Waals surface area contributed by atoms with E-state index < -0.39 is 17.7 Å². The molecule has 2 rings (SSSR count). The van der Waals surface area contributed by atoms with E-state index in [4.69, 9.17) is 0 Å². The maximum atomic E-state index is 13.1. The monoisotopic (exact) mass is 350 g/mol. The first-order chi connectivity index (χ1) is 10.3. The van der Waals surface area contributed by atoms with Crippen molar-refractivity contribution < 1.29 is 18.0 Å². The van der Waals surface area contributed by atoms with Crippen LogP contribution in [0.4, 0.5) is 13.2 Å². The first-order valence-corrected chi connectivity index (χ1v) is 7.50. The number of benzene rings is 1. The fourth-order valence-electron chi connectivity index (χ4n) is 2.78. The Morgan fingerprint density at radius 2 is 1.96 bits per heavy atom. The van der Waals surface area contributed by atoms with Gasteiger partial charge in [-0.2, -0.15) is 13.2 Å². The van der Waals surface area contributed by atoms with Gasteiger partial charge in [0.2, 0.25) is 5.91 Å². The van der Waals surface area contributed by atoms with Gasteiger partial charge < -0.3 is 10.6 Å². The number of alkyl halides is 3. The Balaban J connectivity index is 0.00000264. The molecule has 7 heteroatoms. The molecule has 1 aromatic rings. The van der Waals surface area contributed by atoms with E-state index >= 15 is 0 Å². The van der Waals surface area contributed by atoms with Crippen molar-refractivity contribution >= 4 is 18.3 Å². The highest BCUT2D eigenvalue weighted by atomic mass is 35.5. The summed E-state index contributed by atoms with van der Waals surface area (Å²) in [6.07, 6.45) is -2.67. The molecule has 3 unspecified atom stereocenters. The lowest BCUT2D eigenvalue weighted by atomic mass is 9.90. The van der Waals surface area contributed by atoms with Crippen LogP contribution in [0.5, 0.6) is 0 Å². The zero-order valence-corrected chi connectivity index (χ0v) is 13.9. The number of carbonyl (C=O) groups is 1. The van der Waals surface area contributed by atoms with Crippen LogP contribution < -0.4 is 10.6 Å². The van der Waals surface area contributed by atoms with Gasteiger partial charge in [-0.05, 0) is 37.9 Å². The van der Waals surface area contributed by atoms with Gasteiger partial charge in [-0.3, -0.25) is 4.79 Å². The number of halogens is 4. The molecular formula is C16H22ClF3N2O. The van der Waals surface area contributed by atoms with Crippen molar-refractivity contribution in [1.29, 1.82) is 0 Å². The molecule has 3 atom stereocenters. The Labute approximate surface area is 140 Å². The Morgan fingerprint density at radius 1 is 1.30 bits per heavy atom. The molecular weight excluding hydrogens is 329 g/mol. The van der Waals surface area contributed by atoms with Crippen molar-refractivity contribution in [2.24, 2.45) is 0 Å². The standard InChI is InChI=1S/C16H21F3N2O.ClH/c1-10(11(2)21-15(22)14-8-5-9-20-14)12-6-3-4-7-13(12)16(17,18)19;/h3-4,6-7,10-11,14,20H,5,8-9H2,1-2H3,(H,21,22);1H. The van der Waals surface area contributed by atoms with Crippen LogP contribution in [-0.4, -0.2) is 24.5 Å². The van der Waals surface area contributed by atoms with E-state index in [1.807, 2.05) is 0 Å². The van der Waals surface area contributed by atoms with Crippen molar-refractivity contribution in [2.75, 3.05) is 6.54 Å². The summed E-state index contributed by atoms with van der Waals surface area (Å²) in [5, 5.41) is 5.91. The van der Waals surface area contributed by atoms with Crippen molar-refractivity contribution in [1.82, 2.24) is 10.6 Å². The second-order valence-corrected chi connectivity index (χ2v) is 5.82. The highest BCUT2D eigenvalue weighted by Gasteiger charge is 2.35.